The lowest BCUT2D eigenvalue weighted by atomic mass is 10.1. The van der Waals surface area contributed by atoms with E-state index in [9.17, 15) is 4.79 Å². The third-order valence-corrected chi connectivity index (χ3v) is 3.44. The second kappa shape index (κ2) is 6.81. The molecule has 2 aromatic carbocycles. The maximum absolute atomic E-state index is 11.8. The first kappa shape index (κ1) is 13.4. The molecule has 0 aliphatic rings. The van der Waals surface area contributed by atoms with E-state index in [0.29, 0.717) is 5.57 Å². The minimum Gasteiger partial charge on any atom is -0.465 e. The number of benzene rings is 2. The van der Waals surface area contributed by atoms with Crippen LogP contribution in [-0.2, 0) is 9.53 Å². The van der Waals surface area contributed by atoms with Gasteiger partial charge in [-0.15, -0.1) is 0 Å². The van der Waals surface area contributed by atoms with E-state index in [1.54, 1.807) is 0 Å². The van der Waals surface area contributed by atoms with Gasteiger partial charge < -0.3 is 4.74 Å². The zero-order valence-corrected chi connectivity index (χ0v) is 11.4. The molecule has 0 saturated heterocycles. The monoisotopic (exact) mass is 270 g/mol. The standard InChI is InChI=1S/C16H14O2S/c1-18-16(17)15(13-8-4-2-5-9-13)12-19-14-10-6-3-7-11-14/h2-12H,1H3/b15-12-. The second-order valence-corrected chi connectivity index (χ2v) is 4.76. The molecule has 0 aromatic heterocycles. The van der Waals surface area contributed by atoms with Gasteiger partial charge in [-0.05, 0) is 23.1 Å². The van der Waals surface area contributed by atoms with Gasteiger partial charge in [-0.1, -0.05) is 60.3 Å². The first-order valence-corrected chi connectivity index (χ1v) is 6.75. The Morgan fingerprint density at radius 3 is 2.16 bits per heavy atom. The van der Waals surface area contributed by atoms with Crippen LogP contribution in [0.5, 0.6) is 0 Å². The smallest absolute Gasteiger partial charge is 0.338 e. The molecule has 0 N–H and O–H groups in total. The summed E-state index contributed by atoms with van der Waals surface area (Å²) >= 11 is 1.50. The predicted octanol–water partition coefficient (Wildman–Crippen LogP) is 3.99. The number of methoxy groups -OCH3 is 1. The average Bonchev–Trinajstić information content (AvgIpc) is 2.49. The number of hydrogen-bond donors (Lipinski definition) is 0. The summed E-state index contributed by atoms with van der Waals surface area (Å²) < 4.78 is 4.83. The average molecular weight is 270 g/mol. The Kier molecular flexibility index (Phi) is 4.81. The highest BCUT2D eigenvalue weighted by atomic mass is 32.2. The van der Waals surface area contributed by atoms with Crippen LogP contribution in [0.15, 0.2) is 71.0 Å². The van der Waals surface area contributed by atoms with Crippen molar-refractivity contribution in [2.24, 2.45) is 0 Å². The molecular weight excluding hydrogens is 256 g/mol. The minimum absolute atomic E-state index is 0.324. The quantitative estimate of drug-likeness (QED) is 0.477. The Morgan fingerprint density at radius 2 is 1.58 bits per heavy atom. The number of thioether (sulfide) groups is 1. The highest BCUT2D eigenvalue weighted by molar-refractivity contribution is 8.02. The van der Waals surface area contributed by atoms with E-state index in [1.165, 1.54) is 18.9 Å². The van der Waals surface area contributed by atoms with Crippen LogP contribution in [-0.4, -0.2) is 13.1 Å². The SMILES string of the molecule is COC(=O)/C(=C\Sc1ccccc1)c1ccccc1. The molecule has 0 aliphatic heterocycles. The van der Waals surface area contributed by atoms with Crippen molar-refractivity contribution in [2.75, 3.05) is 7.11 Å². The van der Waals surface area contributed by atoms with Crippen LogP contribution in [0.2, 0.25) is 0 Å². The van der Waals surface area contributed by atoms with Crippen molar-refractivity contribution < 1.29 is 9.53 Å². The van der Waals surface area contributed by atoms with Gasteiger partial charge in [0, 0.05) is 4.90 Å². The van der Waals surface area contributed by atoms with Crippen LogP contribution >= 0.6 is 11.8 Å². The van der Waals surface area contributed by atoms with Crippen LogP contribution < -0.4 is 0 Å². The van der Waals surface area contributed by atoms with Crippen molar-refractivity contribution in [3.63, 3.8) is 0 Å². The van der Waals surface area contributed by atoms with Crippen molar-refractivity contribution >= 4 is 23.3 Å². The van der Waals surface area contributed by atoms with Crippen molar-refractivity contribution in [2.45, 2.75) is 4.90 Å². The van der Waals surface area contributed by atoms with Gasteiger partial charge in [0.15, 0.2) is 0 Å². The Hall–Kier alpha value is -2.00. The zero-order chi connectivity index (χ0) is 13.5. The van der Waals surface area contributed by atoms with E-state index in [4.69, 9.17) is 4.74 Å². The summed E-state index contributed by atoms with van der Waals surface area (Å²) in [5.74, 6) is -0.324. The number of rotatable bonds is 4. The van der Waals surface area contributed by atoms with Crippen LogP contribution in [0, 0.1) is 0 Å². The summed E-state index contributed by atoms with van der Waals surface area (Å²) in [7, 11) is 1.40. The number of carbonyl (C=O) groups is 1. The number of hydrogen-bond acceptors (Lipinski definition) is 3. The van der Waals surface area contributed by atoms with Crippen LogP contribution in [0.1, 0.15) is 5.56 Å². The van der Waals surface area contributed by atoms with Gasteiger partial charge in [0.2, 0.25) is 0 Å². The molecule has 0 atom stereocenters. The first-order valence-electron chi connectivity index (χ1n) is 5.87. The third kappa shape index (κ3) is 3.73. The van der Waals surface area contributed by atoms with Gasteiger partial charge >= 0.3 is 5.97 Å². The number of ether oxygens (including phenoxy) is 1. The largest absolute Gasteiger partial charge is 0.465 e. The lowest BCUT2D eigenvalue weighted by molar-refractivity contribution is -0.133. The van der Waals surface area contributed by atoms with Crippen LogP contribution in [0.4, 0.5) is 0 Å². The number of carbonyl (C=O) groups excluding carboxylic acids is 1. The summed E-state index contributed by atoms with van der Waals surface area (Å²) in [5.41, 5.74) is 1.43. The molecule has 0 amide bonds. The van der Waals surface area contributed by atoms with Gasteiger partial charge in [-0.2, -0.15) is 0 Å². The summed E-state index contributed by atoms with van der Waals surface area (Å²) in [6.45, 7) is 0. The zero-order valence-electron chi connectivity index (χ0n) is 10.6. The highest BCUT2D eigenvalue weighted by Crippen LogP contribution is 2.25. The molecule has 0 heterocycles. The third-order valence-electron chi connectivity index (χ3n) is 2.55. The molecule has 3 heteroatoms. The molecule has 0 saturated carbocycles. The maximum Gasteiger partial charge on any atom is 0.338 e. The molecule has 0 radical (unpaired) electrons. The van der Waals surface area contributed by atoms with E-state index >= 15 is 0 Å². The van der Waals surface area contributed by atoms with Crippen molar-refractivity contribution in [1.82, 2.24) is 0 Å². The van der Waals surface area contributed by atoms with E-state index in [1.807, 2.05) is 66.1 Å². The van der Waals surface area contributed by atoms with Crippen molar-refractivity contribution in [3.05, 3.63) is 71.6 Å². The number of esters is 1. The molecule has 96 valence electrons. The molecule has 0 fully saturated rings. The highest BCUT2D eigenvalue weighted by Gasteiger charge is 2.11. The summed E-state index contributed by atoms with van der Waals surface area (Å²) in [6, 6.07) is 19.4. The Balaban J connectivity index is 2.26. The van der Waals surface area contributed by atoms with E-state index in [2.05, 4.69) is 0 Å². The molecular formula is C16H14O2S. The maximum atomic E-state index is 11.8. The molecule has 0 spiro atoms. The molecule has 2 aromatic rings. The molecule has 0 aliphatic carbocycles. The van der Waals surface area contributed by atoms with Gasteiger partial charge in [0.1, 0.15) is 0 Å². The molecule has 2 rings (SSSR count). The molecule has 0 unspecified atom stereocenters. The van der Waals surface area contributed by atoms with Gasteiger partial charge in [0.25, 0.3) is 0 Å². The fourth-order valence-corrected chi connectivity index (χ4v) is 2.39. The van der Waals surface area contributed by atoms with Crippen LogP contribution in [0.25, 0.3) is 5.57 Å². The summed E-state index contributed by atoms with van der Waals surface area (Å²) in [4.78, 5) is 12.9. The van der Waals surface area contributed by atoms with E-state index < -0.39 is 0 Å². The second-order valence-electron chi connectivity index (χ2n) is 3.82. The topological polar surface area (TPSA) is 26.3 Å². The van der Waals surface area contributed by atoms with Crippen molar-refractivity contribution in [3.8, 4) is 0 Å². The molecule has 2 nitrogen and oxygen atoms in total. The normalized spacial score (nSPS) is 11.1. The Labute approximate surface area is 117 Å². The van der Waals surface area contributed by atoms with Crippen LogP contribution in [0.3, 0.4) is 0 Å². The van der Waals surface area contributed by atoms with Gasteiger partial charge in [-0.25, -0.2) is 4.79 Å². The van der Waals surface area contributed by atoms with Gasteiger partial charge in [0.05, 0.1) is 12.7 Å². The predicted molar refractivity (Wildman–Crippen MR) is 78.7 cm³/mol. The van der Waals surface area contributed by atoms with Gasteiger partial charge in [-0.3, -0.25) is 0 Å². The first-order chi connectivity index (χ1) is 9.31. The molecule has 0 bridgehead atoms. The minimum atomic E-state index is -0.324. The summed E-state index contributed by atoms with van der Waals surface area (Å²) in [6.07, 6.45) is 0. The Bertz CT molecular complexity index is 562. The fraction of sp³-hybridized carbons (Fsp3) is 0.0625. The lowest BCUT2D eigenvalue weighted by Crippen LogP contribution is -2.03. The Morgan fingerprint density at radius 1 is 1.00 bits per heavy atom. The van der Waals surface area contributed by atoms with E-state index in [0.717, 1.165) is 10.5 Å². The fourth-order valence-electron chi connectivity index (χ4n) is 1.59. The lowest BCUT2D eigenvalue weighted by Gasteiger charge is -2.05. The van der Waals surface area contributed by atoms with E-state index in [-0.39, 0.29) is 5.97 Å². The van der Waals surface area contributed by atoms with Crippen molar-refractivity contribution in [1.29, 1.82) is 0 Å². The molecule has 19 heavy (non-hydrogen) atoms. The summed E-state index contributed by atoms with van der Waals surface area (Å²) in [5, 5.41) is 1.83.